The van der Waals surface area contributed by atoms with Gasteiger partial charge in [-0.3, -0.25) is 0 Å². The van der Waals surface area contributed by atoms with Crippen molar-refractivity contribution in [1.29, 1.82) is 0 Å². The minimum Gasteiger partial charge on any atom is -0.373 e. The van der Waals surface area contributed by atoms with Gasteiger partial charge in [-0.05, 0) is 45.1 Å². The third-order valence-electron chi connectivity index (χ3n) is 6.64. The number of aryl methyl sites for hydroxylation is 2. The molecule has 31 heavy (non-hydrogen) atoms. The van der Waals surface area contributed by atoms with Crippen molar-refractivity contribution in [3.05, 3.63) is 47.0 Å². The summed E-state index contributed by atoms with van der Waals surface area (Å²) in [4.78, 5) is 4.86. The summed E-state index contributed by atoms with van der Waals surface area (Å²) >= 11 is 0. The van der Waals surface area contributed by atoms with Crippen LogP contribution in [0.25, 0.3) is 0 Å². The van der Waals surface area contributed by atoms with Gasteiger partial charge in [0.05, 0.1) is 6.10 Å². The molecule has 1 saturated carbocycles. The summed E-state index contributed by atoms with van der Waals surface area (Å²) in [5, 5.41) is 15.7. The number of nitrogens with one attached hydrogen (secondary N) is 2. The van der Waals surface area contributed by atoms with Crippen molar-refractivity contribution in [3.63, 3.8) is 0 Å². The molecular weight excluding hydrogens is 388 g/mol. The van der Waals surface area contributed by atoms with Crippen molar-refractivity contribution in [2.24, 2.45) is 18.0 Å². The van der Waals surface area contributed by atoms with Crippen molar-refractivity contribution >= 4 is 5.96 Å². The normalized spacial score (nSPS) is 22.6. The van der Waals surface area contributed by atoms with Gasteiger partial charge in [-0.1, -0.05) is 42.7 Å². The fraction of sp³-hybridized carbons (Fsp3) is 0.625. The Labute approximate surface area is 185 Å². The summed E-state index contributed by atoms with van der Waals surface area (Å²) in [5.74, 6) is 3.08. The zero-order valence-corrected chi connectivity index (χ0v) is 19.1. The van der Waals surface area contributed by atoms with Gasteiger partial charge in [0.1, 0.15) is 12.4 Å². The fourth-order valence-electron chi connectivity index (χ4n) is 4.56. The van der Waals surface area contributed by atoms with Gasteiger partial charge in [0.2, 0.25) is 0 Å². The molecule has 0 spiro atoms. The van der Waals surface area contributed by atoms with E-state index in [4.69, 9.17) is 9.73 Å². The number of ether oxygens (including phenoxy) is 1. The zero-order valence-electron chi connectivity index (χ0n) is 19.1. The summed E-state index contributed by atoms with van der Waals surface area (Å²) in [6, 6.07) is 9.27. The fourth-order valence-corrected chi connectivity index (χ4v) is 4.56. The first-order valence-electron chi connectivity index (χ1n) is 11.7. The van der Waals surface area contributed by atoms with Crippen molar-refractivity contribution in [1.82, 2.24) is 25.4 Å². The highest BCUT2D eigenvalue weighted by Gasteiger charge is 2.28. The van der Waals surface area contributed by atoms with Gasteiger partial charge < -0.3 is 19.9 Å². The lowest BCUT2D eigenvalue weighted by Crippen LogP contribution is -2.45. The largest absolute Gasteiger partial charge is 0.373 e. The van der Waals surface area contributed by atoms with Crippen LogP contribution < -0.4 is 10.6 Å². The SMILES string of the molecule is Cc1ccc(C2OCCCC2CNC(=NCc2nnc(C)n2C)NC2CCCC2)cc1. The van der Waals surface area contributed by atoms with E-state index in [0.717, 1.165) is 43.6 Å². The van der Waals surface area contributed by atoms with E-state index >= 15 is 0 Å². The molecule has 7 nitrogen and oxygen atoms in total. The smallest absolute Gasteiger partial charge is 0.191 e. The van der Waals surface area contributed by atoms with Gasteiger partial charge in [0, 0.05) is 32.2 Å². The van der Waals surface area contributed by atoms with Gasteiger partial charge in [-0.25, -0.2) is 4.99 Å². The van der Waals surface area contributed by atoms with Gasteiger partial charge in [0.15, 0.2) is 11.8 Å². The predicted octanol–water partition coefficient (Wildman–Crippen LogP) is 3.58. The lowest BCUT2D eigenvalue weighted by molar-refractivity contribution is -0.0265. The Morgan fingerprint density at radius 3 is 2.58 bits per heavy atom. The first kappa shape index (κ1) is 21.8. The van der Waals surface area contributed by atoms with E-state index in [0.29, 0.717) is 18.5 Å². The second-order valence-corrected chi connectivity index (χ2v) is 9.00. The molecule has 1 aliphatic heterocycles. The van der Waals surface area contributed by atoms with Crippen LogP contribution in [0.5, 0.6) is 0 Å². The Bertz CT molecular complexity index is 869. The third-order valence-corrected chi connectivity index (χ3v) is 6.64. The van der Waals surface area contributed by atoms with Crippen LogP contribution in [0, 0.1) is 19.8 Å². The molecule has 168 valence electrons. The molecular formula is C24H36N6O. The van der Waals surface area contributed by atoms with Crippen LogP contribution in [0.3, 0.4) is 0 Å². The molecule has 1 aliphatic carbocycles. The number of aliphatic imine (C=N–C) groups is 1. The Hall–Kier alpha value is -2.41. The molecule has 2 unspecified atom stereocenters. The van der Waals surface area contributed by atoms with Crippen molar-refractivity contribution in [3.8, 4) is 0 Å². The summed E-state index contributed by atoms with van der Waals surface area (Å²) in [6.45, 7) is 6.28. The molecule has 4 rings (SSSR count). The maximum Gasteiger partial charge on any atom is 0.191 e. The first-order chi connectivity index (χ1) is 15.1. The maximum atomic E-state index is 6.21. The Morgan fingerprint density at radius 1 is 1.10 bits per heavy atom. The minimum atomic E-state index is 0.135. The second-order valence-electron chi connectivity index (χ2n) is 9.00. The van der Waals surface area contributed by atoms with Gasteiger partial charge >= 0.3 is 0 Å². The van der Waals surface area contributed by atoms with Gasteiger partial charge in [-0.2, -0.15) is 0 Å². The van der Waals surface area contributed by atoms with E-state index in [9.17, 15) is 0 Å². The standard InChI is InChI=1S/C24H36N6O/c1-17-10-12-19(13-11-17)23-20(7-6-14-31-23)15-25-24(27-21-8-4-5-9-21)26-16-22-29-28-18(2)30(22)3/h10-13,20-21,23H,4-9,14-16H2,1-3H3,(H2,25,26,27). The molecule has 2 fully saturated rings. The molecule has 2 heterocycles. The van der Waals surface area contributed by atoms with Crippen LogP contribution in [0.4, 0.5) is 0 Å². The number of rotatable bonds is 6. The zero-order chi connectivity index (χ0) is 21.6. The highest BCUT2D eigenvalue weighted by Crippen LogP contribution is 2.33. The monoisotopic (exact) mass is 424 g/mol. The third kappa shape index (κ3) is 5.64. The molecule has 0 amide bonds. The highest BCUT2D eigenvalue weighted by atomic mass is 16.5. The number of benzene rings is 1. The van der Waals surface area contributed by atoms with E-state index in [2.05, 4.69) is 52.0 Å². The second kappa shape index (κ2) is 10.3. The van der Waals surface area contributed by atoms with E-state index in [-0.39, 0.29) is 6.10 Å². The van der Waals surface area contributed by atoms with Crippen LogP contribution in [0.2, 0.25) is 0 Å². The molecule has 7 heteroatoms. The lowest BCUT2D eigenvalue weighted by atomic mass is 9.89. The molecule has 2 aromatic rings. The quantitative estimate of drug-likeness (QED) is 0.548. The van der Waals surface area contributed by atoms with E-state index in [1.807, 2.05) is 18.5 Å². The number of nitrogens with zero attached hydrogens (tertiary/aromatic N) is 4. The molecule has 2 aliphatic rings. The van der Waals surface area contributed by atoms with E-state index < -0.39 is 0 Å². The van der Waals surface area contributed by atoms with Gasteiger partial charge in [-0.15, -0.1) is 10.2 Å². The molecule has 1 aromatic heterocycles. The number of hydrogen-bond acceptors (Lipinski definition) is 4. The van der Waals surface area contributed by atoms with Crippen molar-refractivity contribution in [2.75, 3.05) is 13.2 Å². The van der Waals surface area contributed by atoms with E-state index in [1.165, 1.54) is 36.8 Å². The lowest BCUT2D eigenvalue weighted by Gasteiger charge is -2.33. The Kier molecular flexibility index (Phi) is 7.22. The average molecular weight is 425 g/mol. The van der Waals surface area contributed by atoms with Crippen LogP contribution in [0.15, 0.2) is 29.3 Å². The summed E-state index contributed by atoms with van der Waals surface area (Å²) in [7, 11) is 1.99. The first-order valence-corrected chi connectivity index (χ1v) is 11.7. The van der Waals surface area contributed by atoms with Crippen LogP contribution in [0.1, 0.15) is 67.4 Å². The minimum absolute atomic E-state index is 0.135. The summed E-state index contributed by atoms with van der Waals surface area (Å²) in [6.07, 6.45) is 7.40. The summed E-state index contributed by atoms with van der Waals surface area (Å²) < 4.78 is 8.21. The van der Waals surface area contributed by atoms with E-state index in [1.54, 1.807) is 0 Å². The predicted molar refractivity (Wildman–Crippen MR) is 123 cm³/mol. The molecule has 2 atom stereocenters. The maximum absolute atomic E-state index is 6.21. The Balaban J connectivity index is 1.44. The topological polar surface area (TPSA) is 76.4 Å². The van der Waals surface area contributed by atoms with Crippen LogP contribution in [-0.4, -0.2) is 39.9 Å². The number of hydrogen-bond donors (Lipinski definition) is 2. The van der Waals surface area contributed by atoms with Crippen LogP contribution in [-0.2, 0) is 18.3 Å². The number of aromatic nitrogens is 3. The van der Waals surface area contributed by atoms with Crippen LogP contribution >= 0.6 is 0 Å². The molecule has 2 N–H and O–H groups in total. The Morgan fingerprint density at radius 2 is 1.87 bits per heavy atom. The summed E-state index contributed by atoms with van der Waals surface area (Å²) in [5.41, 5.74) is 2.55. The number of guanidine groups is 1. The van der Waals surface area contributed by atoms with Gasteiger partial charge in [0.25, 0.3) is 0 Å². The van der Waals surface area contributed by atoms with Crippen molar-refractivity contribution in [2.45, 2.75) is 71.1 Å². The molecule has 1 saturated heterocycles. The highest BCUT2D eigenvalue weighted by molar-refractivity contribution is 5.80. The van der Waals surface area contributed by atoms with Crippen molar-refractivity contribution < 1.29 is 4.74 Å². The average Bonchev–Trinajstić information content (AvgIpc) is 3.41. The molecule has 1 aromatic carbocycles. The molecule has 0 bridgehead atoms. The molecule has 0 radical (unpaired) electrons.